The Morgan fingerprint density at radius 2 is 2.00 bits per heavy atom. The van der Waals surface area contributed by atoms with Crippen LogP contribution in [0.4, 0.5) is 0 Å². The maximum Gasteiger partial charge on any atom is 0.236 e. The second kappa shape index (κ2) is 6.71. The van der Waals surface area contributed by atoms with Crippen LogP contribution >= 0.6 is 0 Å². The Hall–Kier alpha value is -0.610. The molecule has 2 rings (SSSR count). The molecule has 0 bridgehead atoms. The molecule has 2 aliphatic heterocycles. The highest BCUT2D eigenvalue weighted by atomic mass is 16.2. The molecular weight excluding hydrogens is 238 g/mol. The lowest BCUT2D eigenvalue weighted by molar-refractivity contribution is -0.132. The summed E-state index contributed by atoms with van der Waals surface area (Å²) in [4.78, 5) is 16.2. The number of hydrogen-bond acceptors (Lipinski definition) is 3. The van der Waals surface area contributed by atoms with E-state index in [-0.39, 0.29) is 5.91 Å². The van der Waals surface area contributed by atoms with Crippen LogP contribution in [0.2, 0.25) is 0 Å². The molecule has 110 valence electrons. The summed E-state index contributed by atoms with van der Waals surface area (Å²) in [6.07, 6.45) is 5.18. The van der Waals surface area contributed by atoms with Crippen molar-refractivity contribution in [2.24, 2.45) is 5.92 Å². The number of amides is 1. The number of hydrogen-bond donors (Lipinski definition) is 1. The Morgan fingerprint density at radius 1 is 1.32 bits per heavy atom. The van der Waals surface area contributed by atoms with E-state index in [9.17, 15) is 4.79 Å². The van der Waals surface area contributed by atoms with Crippen molar-refractivity contribution in [3.05, 3.63) is 0 Å². The van der Waals surface area contributed by atoms with Crippen molar-refractivity contribution in [3.63, 3.8) is 0 Å². The minimum Gasteiger partial charge on any atom is -0.342 e. The first-order valence-corrected chi connectivity index (χ1v) is 7.79. The predicted octanol–water partition coefficient (Wildman–Crippen LogP) is 1.32. The summed E-state index contributed by atoms with van der Waals surface area (Å²) in [6.45, 7) is 8.09. The molecule has 0 radical (unpaired) electrons. The van der Waals surface area contributed by atoms with E-state index < -0.39 is 0 Å². The Labute approximate surface area is 117 Å². The second-order valence-corrected chi connectivity index (χ2v) is 6.41. The highest BCUT2D eigenvalue weighted by molar-refractivity contribution is 5.78. The van der Waals surface area contributed by atoms with Gasteiger partial charge in [-0.25, -0.2) is 0 Å². The highest BCUT2D eigenvalue weighted by Gasteiger charge is 2.29. The fraction of sp³-hybridized carbons (Fsp3) is 0.933. The Balaban J connectivity index is 1.72. The topological polar surface area (TPSA) is 35.6 Å². The van der Waals surface area contributed by atoms with Gasteiger partial charge in [0.15, 0.2) is 0 Å². The van der Waals surface area contributed by atoms with E-state index in [1.54, 1.807) is 0 Å². The fourth-order valence-electron chi connectivity index (χ4n) is 3.22. The normalized spacial score (nSPS) is 26.0. The zero-order chi connectivity index (χ0) is 13.8. The first-order valence-electron chi connectivity index (χ1n) is 7.79. The van der Waals surface area contributed by atoms with Crippen LogP contribution in [-0.2, 0) is 4.79 Å². The number of carbonyl (C=O) groups is 1. The van der Waals surface area contributed by atoms with E-state index in [2.05, 4.69) is 24.1 Å². The summed E-state index contributed by atoms with van der Waals surface area (Å²) >= 11 is 0. The lowest BCUT2D eigenvalue weighted by Crippen LogP contribution is -2.46. The number of likely N-dealkylation sites (tertiary alicyclic amines) is 1. The van der Waals surface area contributed by atoms with Gasteiger partial charge in [0.1, 0.15) is 0 Å². The monoisotopic (exact) mass is 267 g/mol. The summed E-state index contributed by atoms with van der Waals surface area (Å²) < 4.78 is 0. The highest BCUT2D eigenvalue weighted by Crippen LogP contribution is 2.25. The van der Waals surface area contributed by atoms with Gasteiger partial charge in [-0.2, -0.15) is 0 Å². The summed E-state index contributed by atoms with van der Waals surface area (Å²) in [6, 6.07) is 1.05. The standard InChI is InChI=1S/C15H29N3O/c1-12(2)17(3)15(19)11-18-9-6-13(7-10-18)14-5-4-8-16-14/h12-14,16H,4-11H2,1-3H3. The van der Waals surface area contributed by atoms with Crippen LogP contribution in [0.15, 0.2) is 0 Å². The zero-order valence-electron chi connectivity index (χ0n) is 12.7. The third-order valence-corrected chi connectivity index (χ3v) is 4.83. The molecule has 0 aliphatic carbocycles. The maximum atomic E-state index is 12.1. The van der Waals surface area contributed by atoms with Gasteiger partial charge in [0, 0.05) is 19.1 Å². The molecule has 2 aliphatic rings. The molecule has 1 N–H and O–H groups in total. The van der Waals surface area contributed by atoms with Crippen LogP contribution in [0.25, 0.3) is 0 Å². The van der Waals surface area contributed by atoms with Gasteiger partial charge in [-0.15, -0.1) is 0 Å². The molecule has 1 unspecified atom stereocenters. The van der Waals surface area contributed by atoms with Crippen LogP contribution in [0.5, 0.6) is 0 Å². The van der Waals surface area contributed by atoms with E-state index >= 15 is 0 Å². The van der Waals surface area contributed by atoms with E-state index in [0.717, 1.165) is 25.0 Å². The largest absolute Gasteiger partial charge is 0.342 e. The molecule has 19 heavy (non-hydrogen) atoms. The molecule has 0 aromatic heterocycles. The average Bonchev–Trinajstić information content (AvgIpc) is 2.92. The SMILES string of the molecule is CC(C)N(C)C(=O)CN1CCC(C2CCCN2)CC1. The summed E-state index contributed by atoms with van der Waals surface area (Å²) in [5.41, 5.74) is 0. The molecule has 2 heterocycles. The van der Waals surface area contributed by atoms with Crippen molar-refractivity contribution >= 4 is 5.91 Å². The van der Waals surface area contributed by atoms with E-state index in [1.807, 2.05) is 11.9 Å². The minimum absolute atomic E-state index is 0.257. The van der Waals surface area contributed by atoms with Crippen molar-refractivity contribution in [1.82, 2.24) is 15.1 Å². The van der Waals surface area contributed by atoms with E-state index in [0.29, 0.717) is 12.6 Å². The number of piperidine rings is 1. The average molecular weight is 267 g/mol. The summed E-state index contributed by atoms with van der Waals surface area (Å²) in [7, 11) is 1.90. The van der Waals surface area contributed by atoms with E-state index in [1.165, 1.54) is 32.2 Å². The van der Waals surface area contributed by atoms with Crippen molar-refractivity contribution in [3.8, 4) is 0 Å². The zero-order valence-corrected chi connectivity index (χ0v) is 12.7. The molecule has 0 spiro atoms. The number of rotatable bonds is 4. The molecule has 1 atom stereocenters. The molecule has 2 fully saturated rings. The van der Waals surface area contributed by atoms with Crippen LogP contribution in [0.3, 0.4) is 0 Å². The van der Waals surface area contributed by atoms with Gasteiger partial charge in [-0.05, 0) is 65.1 Å². The van der Waals surface area contributed by atoms with Crippen LogP contribution in [0.1, 0.15) is 39.5 Å². The quantitative estimate of drug-likeness (QED) is 0.834. The molecular formula is C15H29N3O. The number of nitrogens with one attached hydrogen (secondary N) is 1. The Kier molecular flexibility index (Phi) is 5.22. The number of carbonyl (C=O) groups excluding carboxylic acids is 1. The van der Waals surface area contributed by atoms with Crippen molar-refractivity contribution in [2.75, 3.05) is 33.2 Å². The minimum atomic E-state index is 0.257. The Bertz CT molecular complexity index is 292. The first kappa shape index (κ1) is 14.8. The van der Waals surface area contributed by atoms with Gasteiger partial charge in [-0.1, -0.05) is 0 Å². The molecule has 0 aromatic carbocycles. The van der Waals surface area contributed by atoms with Gasteiger partial charge in [0.25, 0.3) is 0 Å². The van der Waals surface area contributed by atoms with Gasteiger partial charge < -0.3 is 10.2 Å². The maximum absolute atomic E-state index is 12.1. The van der Waals surface area contributed by atoms with Crippen LogP contribution in [-0.4, -0.2) is 61.0 Å². The summed E-state index contributed by atoms with van der Waals surface area (Å²) in [5.74, 6) is 1.09. The second-order valence-electron chi connectivity index (χ2n) is 6.41. The molecule has 1 amide bonds. The third-order valence-electron chi connectivity index (χ3n) is 4.83. The fourth-order valence-corrected chi connectivity index (χ4v) is 3.22. The lowest BCUT2D eigenvalue weighted by Gasteiger charge is -2.35. The lowest BCUT2D eigenvalue weighted by atomic mass is 9.88. The van der Waals surface area contributed by atoms with Gasteiger partial charge >= 0.3 is 0 Å². The van der Waals surface area contributed by atoms with Crippen molar-refractivity contribution in [1.29, 1.82) is 0 Å². The van der Waals surface area contributed by atoms with Crippen LogP contribution in [0, 0.1) is 5.92 Å². The first-order chi connectivity index (χ1) is 9.08. The Morgan fingerprint density at radius 3 is 2.53 bits per heavy atom. The molecule has 0 aromatic rings. The number of nitrogens with zero attached hydrogens (tertiary/aromatic N) is 2. The van der Waals surface area contributed by atoms with E-state index in [4.69, 9.17) is 0 Å². The third kappa shape index (κ3) is 3.93. The van der Waals surface area contributed by atoms with Gasteiger partial charge in [0.05, 0.1) is 6.54 Å². The van der Waals surface area contributed by atoms with Crippen LogP contribution < -0.4 is 5.32 Å². The molecule has 4 nitrogen and oxygen atoms in total. The van der Waals surface area contributed by atoms with Gasteiger partial charge in [0.2, 0.25) is 5.91 Å². The predicted molar refractivity (Wildman–Crippen MR) is 78.1 cm³/mol. The van der Waals surface area contributed by atoms with Crippen molar-refractivity contribution in [2.45, 2.75) is 51.6 Å². The molecule has 0 saturated carbocycles. The smallest absolute Gasteiger partial charge is 0.236 e. The summed E-state index contributed by atoms with van der Waals surface area (Å²) in [5, 5.41) is 3.62. The molecule has 4 heteroatoms. The van der Waals surface area contributed by atoms with Gasteiger partial charge in [-0.3, -0.25) is 9.69 Å². The van der Waals surface area contributed by atoms with Crippen molar-refractivity contribution < 1.29 is 4.79 Å². The molecule has 2 saturated heterocycles. The number of likely N-dealkylation sites (N-methyl/N-ethyl adjacent to an activating group) is 1.